The molecule has 0 aromatic heterocycles. The highest BCUT2D eigenvalue weighted by molar-refractivity contribution is 5.77. The normalized spacial score (nSPS) is 36.2. The molecule has 0 bridgehead atoms. The van der Waals surface area contributed by atoms with Gasteiger partial charge in [-0.25, -0.2) is 0 Å². The Morgan fingerprint density at radius 2 is 2.12 bits per heavy atom. The number of esters is 1. The highest BCUT2D eigenvalue weighted by Crippen LogP contribution is 2.58. The van der Waals surface area contributed by atoms with Gasteiger partial charge in [-0.2, -0.15) is 0 Å². The number of hydrogen-bond donors (Lipinski definition) is 2. The van der Waals surface area contributed by atoms with Crippen molar-refractivity contribution in [3.05, 3.63) is 23.8 Å². The highest BCUT2D eigenvalue weighted by Gasteiger charge is 2.52. The molecule has 1 saturated carbocycles. The lowest BCUT2D eigenvalue weighted by atomic mass is 9.51. The third kappa shape index (κ3) is 3.56. The van der Waals surface area contributed by atoms with Crippen LogP contribution in [0.4, 0.5) is 0 Å². The van der Waals surface area contributed by atoms with Gasteiger partial charge in [-0.15, -0.1) is 0 Å². The van der Waals surface area contributed by atoms with Crippen LogP contribution in [0.25, 0.3) is 0 Å². The summed E-state index contributed by atoms with van der Waals surface area (Å²) >= 11 is 0. The maximum atomic E-state index is 12.5. The molecule has 0 spiro atoms. The van der Waals surface area contributed by atoms with Crippen molar-refractivity contribution in [3.8, 4) is 0 Å². The van der Waals surface area contributed by atoms with Crippen molar-refractivity contribution in [2.45, 2.75) is 65.4 Å². The molecule has 0 heterocycles. The fourth-order valence-electron chi connectivity index (χ4n) is 4.90. The summed E-state index contributed by atoms with van der Waals surface area (Å²) in [5.74, 6) is 0.639. The van der Waals surface area contributed by atoms with Crippen LogP contribution in [-0.4, -0.2) is 36.0 Å². The molecule has 2 aliphatic carbocycles. The molecule has 4 nitrogen and oxygen atoms in total. The maximum absolute atomic E-state index is 12.5. The van der Waals surface area contributed by atoms with Crippen LogP contribution in [0.5, 0.6) is 0 Å². The quantitative estimate of drug-likeness (QED) is 0.567. The Kier molecular flexibility index (Phi) is 6.16. The lowest BCUT2D eigenvalue weighted by Gasteiger charge is -2.53. The van der Waals surface area contributed by atoms with E-state index in [1.54, 1.807) is 0 Å². The van der Waals surface area contributed by atoms with Crippen molar-refractivity contribution in [1.29, 1.82) is 0 Å². The van der Waals surface area contributed by atoms with Crippen LogP contribution < -0.4 is 0 Å². The first kappa shape index (κ1) is 20.2. The molecule has 4 heteroatoms. The van der Waals surface area contributed by atoms with Gasteiger partial charge in [0.25, 0.3) is 0 Å². The number of fused-ring (bicyclic) bond motifs is 1. The number of methoxy groups -OCH3 is 1. The molecule has 0 unspecified atom stereocenters. The molecule has 0 saturated heterocycles. The SMILES string of the molecule is C=C(CC[C@]1(C)C2=CCC[C@@](C)(C(=O)OC)[C@H]2CC[C@H]1C)[C@H](O)CO. The Morgan fingerprint density at radius 1 is 1.44 bits per heavy atom. The van der Waals surface area contributed by atoms with Gasteiger partial charge in [0, 0.05) is 0 Å². The van der Waals surface area contributed by atoms with E-state index < -0.39 is 11.5 Å². The number of ether oxygens (including phenoxy) is 1. The number of carbonyl (C=O) groups excluding carboxylic acids is 1. The topological polar surface area (TPSA) is 66.8 Å². The zero-order chi connectivity index (χ0) is 18.8. The minimum Gasteiger partial charge on any atom is -0.469 e. The van der Waals surface area contributed by atoms with Crippen LogP contribution >= 0.6 is 0 Å². The fourth-order valence-corrected chi connectivity index (χ4v) is 4.90. The van der Waals surface area contributed by atoms with Crippen molar-refractivity contribution >= 4 is 5.97 Å². The van der Waals surface area contributed by atoms with E-state index in [0.717, 1.165) is 32.1 Å². The Bertz CT molecular complexity index is 552. The number of aliphatic hydroxyl groups is 2. The van der Waals surface area contributed by atoms with E-state index >= 15 is 0 Å². The van der Waals surface area contributed by atoms with Gasteiger partial charge in [0.2, 0.25) is 0 Å². The molecule has 5 atom stereocenters. The average molecular weight is 350 g/mol. The van der Waals surface area contributed by atoms with Crippen LogP contribution in [0, 0.1) is 22.7 Å². The van der Waals surface area contributed by atoms with E-state index in [0.29, 0.717) is 17.9 Å². The minimum atomic E-state index is -0.848. The second-order valence-electron chi connectivity index (χ2n) is 8.41. The van der Waals surface area contributed by atoms with Crippen LogP contribution in [0.2, 0.25) is 0 Å². The van der Waals surface area contributed by atoms with Crippen LogP contribution in [0.3, 0.4) is 0 Å². The third-order valence-electron chi connectivity index (χ3n) is 7.07. The van der Waals surface area contributed by atoms with E-state index in [1.165, 1.54) is 12.7 Å². The molecule has 0 aliphatic heterocycles. The van der Waals surface area contributed by atoms with Crippen LogP contribution in [-0.2, 0) is 9.53 Å². The smallest absolute Gasteiger partial charge is 0.312 e. The molecule has 0 amide bonds. The Morgan fingerprint density at radius 3 is 2.72 bits per heavy atom. The molecule has 2 N–H and O–H groups in total. The number of aliphatic hydroxyl groups excluding tert-OH is 2. The molecule has 0 aromatic rings. The van der Waals surface area contributed by atoms with Crippen molar-refractivity contribution in [2.75, 3.05) is 13.7 Å². The first-order valence-electron chi connectivity index (χ1n) is 9.46. The molecular formula is C21H34O4. The summed E-state index contributed by atoms with van der Waals surface area (Å²) in [4.78, 5) is 12.5. The van der Waals surface area contributed by atoms with Gasteiger partial charge in [0.1, 0.15) is 0 Å². The van der Waals surface area contributed by atoms with Crippen LogP contribution in [0.1, 0.15) is 59.3 Å². The maximum Gasteiger partial charge on any atom is 0.312 e. The summed E-state index contributed by atoms with van der Waals surface area (Å²) in [6.07, 6.45) is 6.91. The first-order chi connectivity index (χ1) is 11.7. The van der Waals surface area contributed by atoms with E-state index in [1.807, 2.05) is 0 Å². The van der Waals surface area contributed by atoms with Gasteiger partial charge in [-0.05, 0) is 68.3 Å². The fraction of sp³-hybridized carbons (Fsp3) is 0.762. The molecule has 25 heavy (non-hydrogen) atoms. The van der Waals surface area contributed by atoms with Gasteiger partial charge in [0.15, 0.2) is 0 Å². The first-order valence-corrected chi connectivity index (χ1v) is 9.46. The summed E-state index contributed by atoms with van der Waals surface area (Å²) in [7, 11) is 1.48. The molecule has 1 fully saturated rings. The molecule has 0 aromatic carbocycles. The summed E-state index contributed by atoms with van der Waals surface area (Å²) in [6, 6.07) is 0. The molecule has 2 rings (SSSR count). The van der Waals surface area contributed by atoms with Gasteiger partial charge >= 0.3 is 5.97 Å². The molecule has 0 radical (unpaired) electrons. The largest absolute Gasteiger partial charge is 0.469 e. The predicted octanol–water partition coefficient (Wildman–Crippen LogP) is 3.63. The monoisotopic (exact) mass is 350 g/mol. The lowest BCUT2D eigenvalue weighted by Crippen LogP contribution is -2.47. The van der Waals surface area contributed by atoms with E-state index in [9.17, 15) is 9.90 Å². The summed E-state index contributed by atoms with van der Waals surface area (Å²) in [6.45, 7) is 10.3. The predicted molar refractivity (Wildman–Crippen MR) is 98.9 cm³/mol. The average Bonchev–Trinajstić information content (AvgIpc) is 2.61. The second-order valence-corrected chi connectivity index (χ2v) is 8.41. The number of hydrogen-bond acceptors (Lipinski definition) is 4. The Hall–Kier alpha value is -1.13. The molecular weight excluding hydrogens is 316 g/mol. The van der Waals surface area contributed by atoms with E-state index in [-0.39, 0.29) is 23.9 Å². The molecule has 2 aliphatic rings. The number of carbonyl (C=O) groups is 1. The highest BCUT2D eigenvalue weighted by atomic mass is 16.5. The lowest BCUT2D eigenvalue weighted by molar-refractivity contribution is -0.156. The summed E-state index contributed by atoms with van der Waals surface area (Å²) in [5, 5.41) is 18.9. The van der Waals surface area contributed by atoms with Crippen molar-refractivity contribution < 1.29 is 19.7 Å². The second kappa shape index (κ2) is 7.63. The van der Waals surface area contributed by atoms with Crippen molar-refractivity contribution in [3.63, 3.8) is 0 Å². The zero-order valence-corrected chi connectivity index (χ0v) is 16.2. The van der Waals surface area contributed by atoms with Gasteiger partial charge < -0.3 is 14.9 Å². The van der Waals surface area contributed by atoms with Crippen LogP contribution in [0.15, 0.2) is 23.8 Å². The van der Waals surface area contributed by atoms with E-state index in [2.05, 4.69) is 33.4 Å². The Labute approximate surface area is 152 Å². The molecule has 142 valence electrons. The van der Waals surface area contributed by atoms with Gasteiger partial charge in [-0.1, -0.05) is 32.1 Å². The van der Waals surface area contributed by atoms with Gasteiger partial charge in [0.05, 0.1) is 25.2 Å². The van der Waals surface area contributed by atoms with Crippen molar-refractivity contribution in [1.82, 2.24) is 0 Å². The number of allylic oxidation sites excluding steroid dienone is 2. The minimum absolute atomic E-state index is 0.0171. The Balaban J connectivity index is 2.27. The number of rotatable bonds is 6. The summed E-state index contributed by atoms with van der Waals surface area (Å²) in [5.41, 5.74) is 1.61. The third-order valence-corrected chi connectivity index (χ3v) is 7.07. The van der Waals surface area contributed by atoms with E-state index in [4.69, 9.17) is 9.84 Å². The summed E-state index contributed by atoms with van der Waals surface area (Å²) < 4.78 is 5.14. The van der Waals surface area contributed by atoms with Crippen molar-refractivity contribution in [2.24, 2.45) is 22.7 Å². The standard InChI is InChI=1S/C21H34O4/c1-14(18(23)13-22)10-12-20(3)15(2)8-9-17-16(20)7-6-11-21(17,4)19(24)25-5/h7,15,17-18,22-23H,1,6,8-13H2,2-5H3/t15-,17+,18-,20+,21-/m1/s1. The zero-order valence-electron chi connectivity index (χ0n) is 16.2. The van der Waals surface area contributed by atoms with Gasteiger partial charge in [-0.3, -0.25) is 4.79 Å².